The van der Waals surface area contributed by atoms with Crippen molar-refractivity contribution in [3.05, 3.63) is 48.0 Å². The molecule has 28 heavy (non-hydrogen) atoms. The molecule has 0 saturated carbocycles. The van der Waals surface area contributed by atoms with E-state index in [9.17, 15) is 9.59 Å². The highest BCUT2D eigenvalue weighted by Gasteiger charge is 2.22. The number of nitrogens with one attached hydrogen (secondary N) is 1. The van der Waals surface area contributed by atoms with Crippen LogP contribution in [-0.2, 0) is 24.7 Å². The van der Waals surface area contributed by atoms with Crippen molar-refractivity contribution in [2.75, 3.05) is 11.1 Å². The summed E-state index contributed by atoms with van der Waals surface area (Å²) < 4.78 is 1.51. The molecule has 0 spiro atoms. The van der Waals surface area contributed by atoms with Gasteiger partial charge in [-0.1, -0.05) is 46.6 Å². The summed E-state index contributed by atoms with van der Waals surface area (Å²) in [6, 6.07) is 3.01. The topological polar surface area (TPSA) is 64.0 Å². The molecule has 4 rings (SSSR count). The number of fused-ring (bicyclic) bond motifs is 3. The zero-order chi connectivity index (χ0) is 20.0. The van der Waals surface area contributed by atoms with E-state index in [0.717, 1.165) is 35.0 Å². The molecular formula is C18H14Cl3N3O2S2. The summed E-state index contributed by atoms with van der Waals surface area (Å²) in [6.07, 6.45) is 3.03. The van der Waals surface area contributed by atoms with E-state index < -0.39 is 0 Å². The lowest BCUT2D eigenvalue weighted by molar-refractivity contribution is -0.113. The van der Waals surface area contributed by atoms with E-state index >= 15 is 0 Å². The van der Waals surface area contributed by atoms with Crippen LogP contribution in [0.3, 0.4) is 0 Å². The number of carbonyl (C=O) groups excluding carboxylic acids is 1. The number of aryl methyl sites for hydroxylation is 2. The molecule has 10 heteroatoms. The van der Waals surface area contributed by atoms with Crippen LogP contribution in [0.4, 0.5) is 5.69 Å². The van der Waals surface area contributed by atoms with E-state index in [0.29, 0.717) is 15.9 Å². The summed E-state index contributed by atoms with van der Waals surface area (Å²) in [5.74, 6) is -0.245. The summed E-state index contributed by atoms with van der Waals surface area (Å²) in [5, 5.41) is 4.82. The minimum atomic E-state index is -0.306. The molecule has 2 aromatic heterocycles. The molecule has 1 aromatic carbocycles. The first-order valence-corrected chi connectivity index (χ1v) is 11.4. The predicted molar refractivity (Wildman–Crippen MR) is 118 cm³/mol. The maximum Gasteiger partial charge on any atom is 0.262 e. The van der Waals surface area contributed by atoms with Crippen LogP contribution >= 0.6 is 57.9 Å². The molecule has 1 aliphatic carbocycles. The fourth-order valence-corrected chi connectivity index (χ4v) is 6.19. The largest absolute Gasteiger partial charge is 0.323 e. The number of carbonyl (C=O) groups is 1. The number of thiophene rings is 1. The predicted octanol–water partition coefficient (Wildman–Crippen LogP) is 5.17. The molecule has 1 amide bonds. The number of aromatic nitrogens is 2. The Kier molecular flexibility index (Phi) is 5.64. The Bertz CT molecular complexity index is 1150. The van der Waals surface area contributed by atoms with Crippen LogP contribution in [0.5, 0.6) is 0 Å². The van der Waals surface area contributed by atoms with Crippen molar-refractivity contribution >= 4 is 79.7 Å². The van der Waals surface area contributed by atoms with Crippen molar-refractivity contribution in [1.82, 2.24) is 9.55 Å². The summed E-state index contributed by atoms with van der Waals surface area (Å²) in [4.78, 5) is 31.8. The van der Waals surface area contributed by atoms with E-state index in [2.05, 4.69) is 10.3 Å². The van der Waals surface area contributed by atoms with Gasteiger partial charge in [0, 0.05) is 16.9 Å². The molecule has 0 saturated heterocycles. The summed E-state index contributed by atoms with van der Waals surface area (Å²) in [6.45, 7) is 0. The molecule has 0 fully saturated rings. The SMILES string of the molecule is Cn1c(SCC(=O)Nc2c(Cl)cc(Cl)cc2Cl)nc2sc3c(c2c1=O)CCC3. The number of amides is 1. The van der Waals surface area contributed by atoms with E-state index in [1.54, 1.807) is 18.4 Å². The van der Waals surface area contributed by atoms with Gasteiger partial charge in [-0.3, -0.25) is 14.2 Å². The lowest BCUT2D eigenvalue weighted by Gasteiger charge is -2.10. The van der Waals surface area contributed by atoms with Crippen molar-refractivity contribution in [3.63, 3.8) is 0 Å². The Labute approximate surface area is 184 Å². The molecule has 1 aliphatic rings. The summed E-state index contributed by atoms with van der Waals surface area (Å²) in [7, 11) is 1.68. The molecule has 0 radical (unpaired) electrons. The van der Waals surface area contributed by atoms with Gasteiger partial charge in [0.25, 0.3) is 5.56 Å². The fourth-order valence-electron chi connectivity index (χ4n) is 3.20. The lowest BCUT2D eigenvalue weighted by atomic mass is 10.2. The fraction of sp³-hybridized carbons (Fsp3) is 0.278. The standard InChI is InChI=1S/C18H14Cl3N3O2S2/c1-24-17(26)14-9-3-2-4-12(9)28-16(14)23-18(24)27-7-13(25)22-15-10(20)5-8(19)6-11(15)21/h5-6H,2-4,7H2,1H3,(H,22,25). The molecule has 3 aromatic rings. The molecule has 0 unspecified atom stereocenters. The first kappa shape index (κ1) is 20.0. The first-order chi connectivity index (χ1) is 13.3. The van der Waals surface area contributed by atoms with Crippen molar-refractivity contribution in [2.24, 2.45) is 7.05 Å². The van der Waals surface area contributed by atoms with E-state index in [1.807, 2.05) is 0 Å². The minimum absolute atomic E-state index is 0.0592. The average molecular weight is 475 g/mol. The Morgan fingerprint density at radius 2 is 2.00 bits per heavy atom. The number of benzene rings is 1. The van der Waals surface area contributed by atoms with Gasteiger partial charge in [-0.05, 0) is 37.0 Å². The van der Waals surface area contributed by atoms with Gasteiger partial charge in [0.15, 0.2) is 5.16 Å². The van der Waals surface area contributed by atoms with Crippen LogP contribution in [0.1, 0.15) is 16.9 Å². The zero-order valence-corrected chi connectivity index (χ0v) is 18.5. The van der Waals surface area contributed by atoms with E-state index in [-0.39, 0.29) is 27.3 Å². The summed E-state index contributed by atoms with van der Waals surface area (Å²) >= 11 is 20.8. The van der Waals surface area contributed by atoms with Crippen molar-refractivity contribution in [2.45, 2.75) is 24.4 Å². The number of hydrogen-bond donors (Lipinski definition) is 1. The third kappa shape index (κ3) is 3.66. The van der Waals surface area contributed by atoms with Gasteiger partial charge in [-0.2, -0.15) is 0 Å². The number of halogens is 3. The maximum absolute atomic E-state index is 12.8. The second-order valence-electron chi connectivity index (χ2n) is 6.38. The molecule has 2 heterocycles. The van der Waals surface area contributed by atoms with E-state index in [1.165, 1.54) is 33.3 Å². The Morgan fingerprint density at radius 3 is 2.71 bits per heavy atom. The normalized spacial score (nSPS) is 13.1. The second kappa shape index (κ2) is 7.88. The van der Waals surface area contributed by atoms with Gasteiger partial charge in [0.2, 0.25) is 5.91 Å². The van der Waals surface area contributed by atoms with Gasteiger partial charge in [-0.15, -0.1) is 11.3 Å². The second-order valence-corrected chi connectivity index (χ2v) is 9.65. The monoisotopic (exact) mass is 473 g/mol. The van der Waals surface area contributed by atoms with Gasteiger partial charge in [0.05, 0.1) is 26.9 Å². The highest BCUT2D eigenvalue weighted by Crippen LogP contribution is 2.36. The molecule has 1 N–H and O–H groups in total. The number of anilines is 1. The third-order valence-corrected chi connectivity index (χ3v) is 7.54. The van der Waals surface area contributed by atoms with Gasteiger partial charge in [0.1, 0.15) is 4.83 Å². The van der Waals surface area contributed by atoms with E-state index in [4.69, 9.17) is 34.8 Å². The van der Waals surface area contributed by atoms with Crippen LogP contribution in [0.2, 0.25) is 15.1 Å². The summed E-state index contributed by atoms with van der Waals surface area (Å²) in [5.41, 5.74) is 1.40. The molecule has 5 nitrogen and oxygen atoms in total. The quantitative estimate of drug-likeness (QED) is 0.418. The number of hydrogen-bond acceptors (Lipinski definition) is 5. The molecule has 146 valence electrons. The molecule has 0 aliphatic heterocycles. The van der Waals surface area contributed by atoms with Crippen molar-refractivity contribution in [1.29, 1.82) is 0 Å². The average Bonchev–Trinajstić information content (AvgIpc) is 3.20. The molecule has 0 bridgehead atoms. The zero-order valence-electron chi connectivity index (χ0n) is 14.6. The van der Waals surface area contributed by atoms with Crippen molar-refractivity contribution < 1.29 is 4.79 Å². The minimum Gasteiger partial charge on any atom is -0.323 e. The van der Waals surface area contributed by atoms with Crippen LogP contribution < -0.4 is 10.9 Å². The maximum atomic E-state index is 12.8. The highest BCUT2D eigenvalue weighted by molar-refractivity contribution is 7.99. The molecule has 0 atom stereocenters. The van der Waals surface area contributed by atoms with Crippen LogP contribution in [-0.4, -0.2) is 21.2 Å². The number of thioether (sulfide) groups is 1. The lowest BCUT2D eigenvalue weighted by Crippen LogP contribution is -2.21. The first-order valence-electron chi connectivity index (χ1n) is 8.43. The third-order valence-electron chi connectivity index (χ3n) is 4.51. The van der Waals surface area contributed by atoms with Crippen LogP contribution in [0.25, 0.3) is 10.2 Å². The number of rotatable bonds is 4. The highest BCUT2D eigenvalue weighted by atomic mass is 35.5. The Balaban J connectivity index is 1.54. The van der Waals surface area contributed by atoms with Crippen molar-refractivity contribution in [3.8, 4) is 0 Å². The smallest absolute Gasteiger partial charge is 0.262 e. The number of nitrogens with zero attached hydrogens (tertiary/aromatic N) is 2. The van der Waals surface area contributed by atoms with Crippen LogP contribution in [0.15, 0.2) is 22.1 Å². The van der Waals surface area contributed by atoms with Gasteiger partial charge in [-0.25, -0.2) is 4.98 Å². The Hall–Kier alpha value is -1.25. The Morgan fingerprint density at radius 1 is 1.29 bits per heavy atom. The van der Waals surface area contributed by atoms with Crippen LogP contribution in [0, 0.1) is 0 Å². The van der Waals surface area contributed by atoms with Gasteiger partial charge >= 0.3 is 0 Å². The van der Waals surface area contributed by atoms with Gasteiger partial charge < -0.3 is 5.32 Å². The molecular weight excluding hydrogens is 461 g/mol.